The van der Waals surface area contributed by atoms with Crippen LogP contribution in [-0.2, 0) is 16.2 Å². The van der Waals surface area contributed by atoms with Crippen molar-refractivity contribution in [2.45, 2.75) is 17.5 Å². The minimum absolute atomic E-state index is 0.0356. The van der Waals surface area contributed by atoms with Gasteiger partial charge in [-0.3, -0.25) is 0 Å². The maximum atomic E-state index is 13.3. The average molecular weight is 391 g/mol. The van der Waals surface area contributed by atoms with Gasteiger partial charge < -0.3 is 4.74 Å². The van der Waals surface area contributed by atoms with E-state index in [0.29, 0.717) is 24.3 Å². The maximum Gasteiger partial charge on any atom is 0.419 e. The van der Waals surface area contributed by atoms with Crippen molar-refractivity contribution in [1.29, 1.82) is 0 Å². The highest BCUT2D eigenvalue weighted by atomic mass is 32.2. The highest BCUT2D eigenvalue weighted by molar-refractivity contribution is 7.89. The topological polar surface area (TPSA) is 46.6 Å². The molecule has 2 aromatic carbocycles. The number of rotatable bonds is 7. The molecule has 142 valence electrons. The maximum absolute atomic E-state index is 13.3. The van der Waals surface area contributed by atoms with Crippen molar-refractivity contribution in [2.24, 2.45) is 0 Å². The van der Waals surface area contributed by atoms with Crippen LogP contribution in [0.5, 0.6) is 5.75 Å². The molecule has 0 aliphatic carbocycles. The van der Waals surface area contributed by atoms with Gasteiger partial charge in [0.1, 0.15) is 11.6 Å². The molecule has 2 aromatic rings. The summed E-state index contributed by atoms with van der Waals surface area (Å²) >= 11 is 0. The zero-order valence-corrected chi connectivity index (χ0v) is 14.6. The second-order valence-electron chi connectivity index (χ2n) is 5.48. The number of hydrogen-bond acceptors (Lipinski definition) is 3. The van der Waals surface area contributed by atoms with E-state index in [0.717, 1.165) is 10.4 Å². The molecular weight excluding hydrogens is 374 g/mol. The molecule has 0 fully saturated rings. The normalized spacial score (nSPS) is 12.4. The Morgan fingerprint density at radius 1 is 1.08 bits per heavy atom. The zero-order chi connectivity index (χ0) is 19.4. The van der Waals surface area contributed by atoms with Gasteiger partial charge in [-0.1, -0.05) is 18.2 Å². The molecule has 0 aromatic heterocycles. The largest absolute Gasteiger partial charge is 0.494 e. The summed E-state index contributed by atoms with van der Waals surface area (Å²) < 4.78 is 82.7. The van der Waals surface area contributed by atoms with Crippen LogP contribution in [0, 0.1) is 5.82 Å². The predicted octanol–water partition coefficient (Wildman–Crippen LogP) is 3.93. The Morgan fingerprint density at radius 2 is 1.73 bits per heavy atom. The van der Waals surface area contributed by atoms with Crippen molar-refractivity contribution in [3.8, 4) is 5.75 Å². The van der Waals surface area contributed by atoms with Crippen LogP contribution in [0.2, 0.25) is 0 Å². The molecule has 0 spiro atoms. The molecule has 0 aliphatic heterocycles. The highest BCUT2D eigenvalue weighted by Crippen LogP contribution is 2.33. The smallest absolute Gasteiger partial charge is 0.419 e. The van der Waals surface area contributed by atoms with E-state index in [1.165, 1.54) is 7.05 Å². The molecule has 0 heterocycles. The van der Waals surface area contributed by atoms with Gasteiger partial charge in [0.2, 0.25) is 10.0 Å². The lowest BCUT2D eigenvalue weighted by molar-refractivity contribution is -0.140. The second-order valence-corrected chi connectivity index (χ2v) is 7.53. The average Bonchev–Trinajstić information content (AvgIpc) is 2.58. The van der Waals surface area contributed by atoms with Gasteiger partial charge in [-0.25, -0.2) is 17.1 Å². The fraction of sp³-hybridized carbons (Fsp3) is 0.294. The summed E-state index contributed by atoms with van der Waals surface area (Å²) in [4.78, 5) is -0.613. The minimum atomic E-state index is -4.97. The number of benzene rings is 2. The van der Waals surface area contributed by atoms with Gasteiger partial charge in [-0.15, -0.1) is 0 Å². The molecule has 26 heavy (non-hydrogen) atoms. The first kappa shape index (κ1) is 20.2. The van der Waals surface area contributed by atoms with Crippen LogP contribution in [0.25, 0.3) is 0 Å². The Balaban J connectivity index is 2.02. The molecule has 0 unspecified atom stereocenters. The van der Waals surface area contributed by atoms with E-state index in [4.69, 9.17) is 4.74 Å². The molecule has 0 bridgehead atoms. The van der Waals surface area contributed by atoms with Crippen molar-refractivity contribution >= 4 is 10.0 Å². The van der Waals surface area contributed by atoms with Gasteiger partial charge in [0, 0.05) is 13.6 Å². The summed E-state index contributed by atoms with van der Waals surface area (Å²) in [7, 11) is -2.93. The number of ether oxygens (including phenoxy) is 1. The molecule has 0 N–H and O–H groups in total. The number of sulfonamides is 1. The van der Waals surface area contributed by atoms with Crippen LogP contribution in [-0.4, -0.2) is 32.9 Å². The van der Waals surface area contributed by atoms with Crippen LogP contribution in [0.1, 0.15) is 12.0 Å². The lowest BCUT2D eigenvalue weighted by Crippen LogP contribution is -2.29. The van der Waals surface area contributed by atoms with Gasteiger partial charge in [-0.05, 0) is 36.8 Å². The van der Waals surface area contributed by atoms with Crippen LogP contribution >= 0.6 is 0 Å². The molecule has 9 heteroatoms. The van der Waals surface area contributed by atoms with Gasteiger partial charge in [0.25, 0.3) is 0 Å². The highest BCUT2D eigenvalue weighted by Gasteiger charge is 2.35. The number of nitrogens with zero attached hydrogens (tertiary/aromatic N) is 1. The first-order valence-electron chi connectivity index (χ1n) is 7.63. The molecule has 0 amide bonds. The van der Waals surface area contributed by atoms with Crippen molar-refractivity contribution < 1.29 is 30.7 Å². The Morgan fingerprint density at radius 3 is 2.35 bits per heavy atom. The van der Waals surface area contributed by atoms with E-state index < -0.39 is 32.5 Å². The lowest BCUT2D eigenvalue weighted by Gasteiger charge is -2.18. The third kappa shape index (κ3) is 4.95. The summed E-state index contributed by atoms with van der Waals surface area (Å²) in [6.07, 6.45) is -4.64. The van der Waals surface area contributed by atoms with E-state index in [-0.39, 0.29) is 13.2 Å². The summed E-state index contributed by atoms with van der Waals surface area (Å²) in [5.74, 6) is -0.887. The monoisotopic (exact) mass is 391 g/mol. The van der Waals surface area contributed by atoms with Crippen LogP contribution < -0.4 is 4.74 Å². The molecule has 0 saturated heterocycles. The Hall–Kier alpha value is -2.13. The Labute approximate surface area is 149 Å². The standard InChI is InChI=1S/C17H17F4NO3S/c1-22(10-5-11-25-13-6-3-2-4-7-13)26(23,24)14-8-9-16(18)15(12-14)17(19,20)21/h2-4,6-9,12H,5,10-11H2,1H3. The Kier molecular flexibility index (Phi) is 6.25. The van der Waals surface area contributed by atoms with Gasteiger partial charge >= 0.3 is 6.18 Å². The number of hydrogen-bond donors (Lipinski definition) is 0. The first-order chi connectivity index (χ1) is 12.1. The van der Waals surface area contributed by atoms with Crippen LogP contribution in [0.15, 0.2) is 53.4 Å². The lowest BCUT2D eigenvalue weighted by atomic mass is 10.2. The quantitative estimate of drug-likeness (QED) is 0.531. The van der Waals surface area contributed by atoms with Crippen LogP contribution in [0.3, 0.4) is 0 Å². The molecule has 0 atom stereocenters. The summed E-state index contributed by atoms with van der Waals surface area (Å²) in [6, 6.07) is 10.5. The third-order valence-electron chi connectivity index (χ3n) is 3.58. The van der Waals surface area contributed by atoms with E-state index in [1.54, 1.807) is 24.3 Å². The second kappa shape index (κ2) is 8.05. The molecule has 2 rings (SSSR count). The Bertz CT molecular complexity index is 839. The summed E-state index contributed by atoms with van der Waals surface area (Å²) in [5, 5.41) is 0. The van der Waals surface area contributed by atoms with E-state index in [9.17, 15) is 26.0 Å². The summed E-state index contributed by atoms with van der Waals surface area (Å²) in [5.41, 5.74) is -1.61. The number of halogens is 4. The zero-order valence-electron chi connectivity index (χ0n) is 13.8. The molecule has 4 nitrogen and oxygen atoms in total. The van der Waals surface area contributed by atoms with Gasteiger partial charge in [0.15, 0.2) is 0 Å². The number of alkyl halides is 3. The van der Waals surface area contributed by atoms with Crippen molar-refractivity contribution in [2.75, 3.05) is 20.2 Å². The van der Waals surface area contributed by atoms with E-state index >= 15 is 0 Å². The minimum Gasteiger partial charge on any atom is -0.494 e. The van der Waals surface area contributed by atoms with Crippen molar-refractivity contribution in [3.63, 3.8) is 0 Å². The van der Waals surface area contributed by atoms with Gasteiger partial charge in [0.05, 0.1) is 17.1 Å². The van der Waals surface area contributed by atoms with E-state index in [2.05, 4.69) is 0 Å². The third-order valence-corrected chi connectivity index (χ3v) is 5.43. The fourth-order valence-electron chi connectivity index (χ4n) is 2.18. The fourth-order valence-corrected chi connectivity index (χ4v) is 3.41. The van der Waals surface area contributed by atoms with Crippen molar-refractivity contribution in [3.05, 3.63) is 59.9 Å². The van der Waals surface area contributed by atoms with Crippen molar-refractivity contribution in [1.82, 2.24) is 4.31 Å². The van der Waals surface area contributed by atoms with Crippen LogP contribution in [0.4, 0.5) is 17.6 Å². The molecule has 0 aliphatic rings. The number of para-hydroxylation sites is 1. The predicted molar refractivity (Wildman–Crippen MR) is 87.8 cm³/mol. The van der Waals surface area contributed by atoms with Gasteiger partial charge in [-0.2, -0.15) is 13.2 Å². The summed E-state index contributed by atoms with van der Waals surface area (Å²) in [6.45, 7) is 0.273. The first-order valence-corrected chi connectivity index (χ1v) is 9.07. The SMILES string of the molecule is CN(CCCOc1ccccc1)S(=O)(=O)c1ccc(F)c(C(F)(F)F)c1. The molecule has 0 radical (unpaired) electrons. The molecular formula is C17H17F4NO3S. The molecule has 0 saturated carbocycles. The van der Waals surface area contributed by atoms with E-state index in [1.807, 2.05) is 6.07 Å².